The van der Waals surface area contributed by atoms with Crippen LogP contribution in [-0.4, -0.2) is 46.6 Å². The number of pyridine rings is 1. The lowest BCUT2D eigenvalue weighted by atomic mass is 9.90. The Morgan fingerprint density at radius 3 is 2.75 bits per heavy atom. The first-order chi connectivity index (χ1) is 9.46. The number of carbonyl (C=O) groups excluding carboxylic acids is 1. The number of aliphatic carboxylic acids is 1. The smallest absolute Gasteiger partial charge is 0.311 e. The standard InChI is InChI=1S/C14H18N2O4/c1-3-20-11-5-4-10(8-15-11)12(17)16-7-6-14(2,9-16)13(18)19/h4-5,8H,3,6-7,9H2,1-2H3,(H,18,19). The van der Waals surface area contributed by atoms with Gasteiger partial charge in [-0.05, 0) is 26.3 Å². The minimum atomic E-state index is -0.863. The SMILES string of the molecule is CCOc1ccc(C(=O)N2CCC(C)(C(=O)O)C2)cn1. The van der Waals surface area contributed by atoms with Gasteiger partial charge in [0.15, 0.2) is 0 Å². The van der Waals surface area contributed by atoms with E-state index in [2.05, 4.69) is 4.98 Å². The fraction of sp³-hybridized carbons (Fsp3) is 0.500. The molecule has 0 saturated carbocycles. The molecule has 1 aromatic rings. The van der Waals surface area contributed by atoms with Crippen LogP contribution in [0.4, 0.5) is 0 Å². The molecule has 0 aromatic carbocycles. The predicted octanol–water partition coefficient (Wildman–Crippen LogP) is 1.42. The van der Waals surface area contributed by atoms with Gasteiger partial charge in [-0.3, -0.25) is 9.59 Å². The molecule has 1 N–H and O–H groups in total. The monoisotopic (exact) mass is 278 g/mol. The zero-order valence-corrected chi connectivity index (χ0v) is 11.6. The molecule has 1 atom stereocenters. The second kappa shape index (κ2) is 5.48. The highest BCUT2D eigenvalue weighted by molar-refractivity contribution is 5.94. The molecular formula is C14H18N2O4. The summed E-state index contributed by atoms with van der Waals surface area (Å²) in [4.78, 5) is 29.1. The van der Waals surface area contributed by atoms with Crippen molar-refractivity contribution in [3.63, 3.8) is 0 Å². The number of hydrogen-bond donors (Lipinski definition) is 1. The maximum atomic E-state index is 12.3. The number of hydrogen-bond acceptors (Lipinski definition) is 4. The number of carboxylic acids is 1. The van der Waals surface area contributed by atoms with Gasteiger partial charge < -0.3 is 14.7 Å². The maximum absolute atomic E-state index is 12.3. The molecule has 1 amide bonds. The van der Waals surface area contributed by atoms with Crippen LogP contribution < -0.4 is 4.74 Å². The summed E-state index contributed by atoms with van der Waals surface area (Å²) in [5.41, 5.74) is -0.406. The van der Waals surface area contributed by atoms with E-state index in [1.807, 2.05) is 6.92 Å². The summed E-state index contributed by atoms with van der Waals surface area (Å²) in [5, 5.41) is 9.17. The molecule has 2 rings (SSSR count). The number of aromatic nitrogens is 1. The third-order valence-corrected chi connectivity index (χ3v) is 3.55. The Balaban J connectivity index is 2.07. The van der Waals surface area contributed by atoms with Gasteiger partial charge in [-0.25, -0.2) is 4.98 Å². The van der Waals surface area contributed by atoms with E-state index in [1.54, 1.807) is 24.0 Å². The first kappa shape index (κ1) is 14.3. The molecule has 1 fully saturated rings. The Bertz CT molecular complexity index is 514. The van der Waals surface area contributed by atoms with Gasteiger partial charge in [0, 0.05) is 25.4 Å². The van der Waals surface area contributed by atoms with Gasteiger partial charge in [0.05, 0.1) is 17.6 Å². The Kier molecular flexibility index (Phi) is 3.92. The van der Waals surface area contributed by atoms with Gasteiger partial charge in [-0.2, -0.15) is 0 Å². The van der Waals surface area contributed by atoms with Gasteiger partial charge in [0.25, 0.3) is 5.91 Å². The molecule has 0 bridgehead atoms. The molecule has 1 aromatic heterocycles. The summed E-state index contributed by atoms with van der Waals surface area (Å²) >= 11 is 0. The lowest BCUT2D eigenvalue weighted by molar-refractivity contribution is -0.147. The van der Waals surface area contributed by atoms with Crippen molar-refractivity contribution < 1.29 is 19.4 Å². The molecule has 20 heavy (non-hydrogen) atoms. The lowest BCUT2D eigenvalue weighted by Gasteiger charge is -2.20. The Hall–Kier alpha value is -2.11. The van der Waals surface area contributed by atoms with Crippen molar-refractivity contribution in [2.24, 2.45) is 5.41 Å². The van der Waals surface area contributed by atoms with Gasteiger partial charge in [-0.15, -0.1) is 0 Å². The molecule has 0 radical (unpaired) electrons. The Morgan fingerprint density at radius 1 is 1.50 bits per heavy atom. The van der Waals surface area contributed by atoms with Crippen LogP contribution in [0.1, 0.15) is 30.6 Å². The molecular weight excluding hydrogens is 260 g/mol. The average Bonchev–Trinajstić information content (AvgIpc) is 2.83. The molecule has 0 aliphatic carbocycles. The molecule has 1 saturated heterocycles. The van der Waals surface area contributed by atoms with Gasteiger partial charge in [-0.1, -0.05) is 0 Å². The average molecular weight is 278 g/mol. The first-order valence-electron chi connectivity index (χ1n) is 6.58. The van der Waals surface area contributed by atoms with Crippen LogP contribution in [-0.2, 0) is 4.79 Å². The van der Waals surface area contributed by atoms with E-state index in [1.165, 1.54) is 6.20 Å². The van der Waals surface area contributed by atoms with Crippen LogP contribution in [0.5, 0.6) is 5.88 Å². The van der Waals surface area contributed by atoms with E-state index in [0.717, 1.165) is 0 Å². The normalized spacial score (nSPS) is 21.8. The van der Waals surface area contributed by atoms with E-state index in [0.29, 0.717) is 31.0 Å². The summed E-state index contributed by atoms with van der Waals surface area (Å²) in [6, 6.07) is 3.29. The van der Waals surface area contributed by atoms with Crippen molar-refractivity contribution >= 4 is 11.9 Å². The van der Waals surface area contributed by atoms with Crippen LogP contribution in [0, 0.1) is 5.41 Å². The zero-order valence-electron chi connectivity index (χ0n) is 11.6. The van der Waals surface area contributed by atoms with Crippen molar-refractivity contribution in [2.75, 3.05) is 19.7 Å². The fourth-order valence-electron chi connectivity index (χ4n) is 2.23. The molecule has 6 nitrogen and oxygen atoms in total. The fourth-order valence-corrected chi connectivity index (χ4v) is 2.23. The Morgan fingerprint density at radius 2 is 2.25 bits per heavy atom. The topological polar surface area (TPSA) is 79.7 Å². The van der Waals surface area contributed by atoms with E-state index in [-0.39, 0.29) is 12.5 Å². The minimum absolute atomic E-state index is 0.189. The predicted molar refractivity (Wildman–Crippen MR) is 71.7 cm³/mol. The van der Waals surface area contributed by atoms with Crippen molar-refractivity contribution in [3.05, 3.63) is 23.9 Å². The highest BCUT2D eigenvalue weighted by Gasteiger charge is 2.42. The number of carboxylic acid groups (broad SMARTS) is 1. The van der Waals surface area contributed by atoms with Crippen molar-refractivity contribution in [3.8, 4) is 5.88 Å². The van der Waals surface area contributed by atoms with Gasteiger partial charge >= 0.3 is 5.97 Å². The summed E-state index contributed by atoms with van der Waals surface area (Å²) in [6.45, 7) is 4.73. The molecule has 0 spiro atoms. The first-order valence-corrected chi connectivity index (χ1v) is 6.58. The molecule has 1 aliphatic heterocycles. The van der Waals surface area contributed by atoms with Crippen LogP contribution >= 0.6 is 0 Å². The molecule has 108 valence electrons. The second-order valence-corrected chi connectivity index (χ2v) is 5.16. The van der Waals surface area contributed by atoms with Crippen LogP contribution in [0.15, 0.2) is 18.3 Å². The quantitative estimate of drug-likeness (QED) is 0.901. The number of nitrogens with zero attached hydrogens (tertiary/aromatic N) is 2. The molecule has 2 heterocycles. The highest BCUT2D eigenvalue weighted by Crippen LogP contribution is 2.31. The summed E-state index contributed by atoms with van der Waals surface area (Å²) in [7, 11) is 0. The van der Waals surface area contributed by atoms with Gasteiger partial charge in [0.2, 0.25) is 5.88 Å². The summed E-state index contributed by atoms with van der Waals surface area (Å²) in [5.74, 6) is -0.580. The van der Waals surface area contributed by atoms with Crippen LogP contribution in [0.25, 0.3) is 0 Å². The van der Waals surface area contributed by atoms with E-state index in [4.69, 9.17) is 4.74 Å². The molecule has 1 aliphatic rings. The summed E-state index contributed by atoms with van der Waals surface area (Å²) in [6.07, 6.45) is 1.93. The zero-order chi connectivity index (χ0) is 14.8. The Labute approximate surface area is 117 Å². The molecule has 1 unspecified atom stereocenters. The van der Waals surface area contributed by atoms with Crippen molar-refractivity contribution in [1.29, 1.82) is 0 Å². The third-order valence-electron chi connectivity index (χ3n) is 3.55. The minimum Gasteiger partial charge on any atom is -0.481 e. The van der Waals surface area contributed by atoms with E-state index in [9.17, 15) is 14.7 Å². The number of amides is 1. The highest BCUT2D eigenvalue weighted by atomic mass is 16.5. The van der Waals surface area contributed by atoms with Crippen molar-refractivity contribution in [1.82, 2.24) is 9.88 Å². The van der Waals surface area contributed by atoms with Crippen LogP contribution in [0.3, 0.4) is 0 Å². The largest absolute Gasteiger partial charge is 0.481 e. The number of rotatable bonds is 4. The van der Waals surface area contributed by atoms with Crippen molar-refractivity contribution in [2.45, 2.75) is 20.3 Å². The summed E-state index contributed by atoms with van der Waals surface area (Å²) < 4.78 is 5.22. The maximum Gasteiger partial charge on any atom is 0.311 e. The van der Waals surface area contributed by atoms with E-state index >= 15 is 0 Å². The van der Waals surface area contributed by atoms with Gasteiger partial charge in [0.1, 0.15) is 0 Å². The molecule has 6 heteroatoms. The number of ether oxygens (including phenoxy) is 1. The number of carbonyl (C=O) groups is 2. The number of likely N-dealkylation sites (tertiary alicyclic amines) is 1. The van der Waals surface area contributed by atoms with E-state index < -0.39 is 11.4 Å². The third kappa shape index (κ3) is 2.74. The second-order valence-electron chi connectivity index (χ2n) is 5.16. The van der Waals surface area contributed by atoms with Crippen LogP contribution in [0.2, 0.25) is 0 Å². The lowest BCUT2D eigenvalue weighted by Crippen LogP contribution is -2.34.